The smallest absolute Gasteiger partial charge is 0.277 e. The van der Waals surface area contributed by atoms with Gasteiger partial charge in [0.15, 0.2) is 0 Å². The molecule has 0 aliphatic carbocycles. The summed E-state index contributed by atoms with van der Waals surface area (Å²) in [5.74, 6) is 0.0358. The average Bonchev–Trinajstić information content (AvgIpc) is 3.54. The predicted octanol–water partition coefficient (Wildman–Crippen LogP) is 6.59. The average molecular weight is 710 g/mol. The van der Waals surface area contributed by atoms with E-state index in [0.29, 0.717) is 26.2 Å². The van der Waals surface area contributed by atoms with Crippen LogP contribution in [0, 0.1) is 0 Å². The molecule has 9 heteroatoms. The van der Waals surface area contributed by atoms with Crippen LogP contribution < -0.4 is 0 Å². The Bertz CT molecular complexity index is 1840. The van der Waals surface area contributed by atoms with Crippen LogP contribution in [0.5, 0.6) is 0 Å². The molecule has 0 amide bonds. The van der Waals surface area contributed by atoms with E-state index in [9.17, 15) is 8.42 Å². The van der Waals surface area contributed by atoms with Crippen LogP contribution in [-0.4, -0.2) is 65.5 Å². The minimum absolute atomic E-state index is 0.00264. The molecule has 7 nitrogen and oxygen atoms in total. The lowest BCUT2D eigenvalue weighted by molar-refractivity contribution is -0.0921. The lowest BCUT2D eigenvalue weighted by Crippen LogP contribution is -2.68. The summed E-state index contributed by atoms with van der Waals surface area (Å²) in [5.41, 5.74) is 3.45. The van der Waals surface area contributed by atoms with Crippen molar-refractivity contribution in [2.24, 2.45) is 7.05 Å². The van der Waals surface area contributed by atoms with Crippen LogP contribution >= 0.6 is 15.9 Å². The van der Waals surface area contributed by atoms with Gasteiger partial charge in [0.1, 0.15) is 5.60 Å². The van der Waals surface area contributed by atoms with E-state index in [4.69, 9.17) is 4.74 Å². The number of sulfonamides is 1. The van der Waals surface area contributed by atoms with Crippen LogP contribution in [0.15, 0.2) is 149 Å². The van der Waals surface area contributed by atoms with Crippen LogP contribution in [0.1, 0.15) is 28.2 Å². The first-order valence-electron chi connectivity index (χ1n) is 15.8. The molecule has 1 aromatic heterocycles. The summed E-state index contributed by atoms with van der Waals surface area (Å²) in [5, 5.41) is 0.0517. The summed E-state index contributed by atoms with van der Waals surface area (Å²) in [4.78, 5) is 6.59. The molecule has 1 fully saturated rings. The fourth-order valence-electron chi connectivity index (χ4n) is 7.19. The van der Waals surface area contributed by atoms with Crippen LogP contribution in [0.3, 0.4) is 0 Å². The Balaban J connectivity index is 1.28. The van der Waals surface area contributed by atoms with Gasteiger partial charge >= 0.3 is 0 Å². The van der Waals surface area contributed by atoms with Gasteiger partial charge in [0, 0.05) is 61.5 Å². The van der Waals surface area contributed by atoms with E-state index in [1.807, 2.05) is 24.3 Å². The first kappa shape index (κ1) is 31.7. The number of halogens is 1. The van der Waals surface area contributed by atoms with Crippen molar-refractivity contribution in [2.75, 3.05) is 26.2 Å². The molecule has 2 aliphatic rings. The highest BCUT2D eigenvalue weighted by molar-refractivity contribution is 9.10. The zero-order chi connectivity index (χ0) is 32.4. The van der Waals surface area contributed by atoms with E-state index in [-0.39, 0.29) is 23.2 Å². The van der Waals surface area contributed by atoms with E-state index in [2.05, 4.69) is 129 Å². The fraction of sp³-hybridized carbons (Fsp3) is 0.237. The molecule has 3 heterocycles. The third-order valence-electron chi connectivity index (χ3n) is 9.48. The van der Waals surface area contributed by atoms with Crippen LogP contribution in [-0.2, 0) is 27.4 Å². The zero-order valence-corrected chi connectivity index (χ0v) is 28.5. The van der Waals surface area contributed by atoms with E-state index < -0.39 is 15.6 Å². The van der Waals surface area contributed by atoms with Gasteiger partial charge in [0.05, 0.1) is 6.61 Å². The number of nitrogens with zero attached hydrogens (tertiary/aromatic N) is 4. The van der Waals surface area contributed by atoms with Gasteiger partial charge in [-0.05, 0) is 34.4 Å². The number of rotatable bonds is 9. The van der Waals surface area contributed by atoms with Crippen molar-refractivity contribution in [3.63, 3.8) is 0 Å². The maximum absolute atomic E-state index is 13.9. The molecule has 0 radical (unpaired) electrons. The van der Waals surface area contributed by atoms with Crippen LogP contribution in [0.2, 0.25) is 0 Å². The molecule has 5 aromatic rings. The standard InChI is InChI=1S/C38H37BrN4O3S/c1-41-26-23-40-37(41)47(44,45)42-24-11-12-25-43-34(27-42)36(29-19-21-33(39)22-20-29)35(43)28-46-38(30-13-5-2-6-14-30,31-15-7-3-8-16-31)32-17-9-4-10-18-32/h2-23,26,34-36H,24-25,27-28H2,1H3/b12-11-/t34-,35+,36-/m0/s1. The van der Waals surface area contributed by atoms with Gasteiger partial charge in [-0.15, -0.1) is 0 Å². The summed E-state index contributed by atoms with van der Waals surface area (Å²) in [6, 6.07) is 39.6. The van der Waals surface area contributed by atoms with Crippen molar-refractivity contribution >= 4 is 26.0 Å². The molecule has 2 aliphatic heterocycles. The summed E-state index contributed by atoms with van der Waals surface area (Å²) in [6.45, 7) is 1.78. The van der Waals surface area contributed by atoms with Crippen molar-refractivity contribution in [1.82, 2.24) is 18.8 Å². The van der Waals surface area contributed by atoms with Crippen molar-refractivity contribution in [1.29, 1.82) is 0 Å². The number of fused-ring (bicyclic) bond motifs is 1. The number of aromatic nitrogens is 2. The second-order valence-electron chi connectivity index (χ2n) is 12.1. The molecular weight excluding hydrogens is 672 g/mol. The van der Waals surface area contributed by atoms with E-state index in [1.165, 1.54) is 6.20 Å². The van der Waals surface area contributed by atoms with Crippen LogP contribution in [0.25, 0.3) is 0 Å². The number of hydrogen-bond donors (Lipinski definition) is 0. The maximum Gasteiger partial charge on any atom is 0.277 e. The molecule has 0 N–H and O–H groups in total. The van der Waals surface area contributed by atoms with E-state index in [0.717, 1.165) is 26.7 Å². The number of imidazole rings is 1. The van der Waals surface area contributed by atoms with Gasteiger partial charge in [0.2, 0.25) is 5.16 Å². The number of benzene rings is 4. The highest BCUT2D eigenvalue weighted by Crippen LogP contribution is 2.46. The molecule has 240 valence electrons. The SMILES string of the molecule is Cn1ccnc1S(=O)(=O)N1C/C=C\CN2[C@H](COC(c3ccccc3)(c3ccccc3)c3ccccc3)[C@@H](c3ccc(Br)cc3)[C@@H]2C1. The molecule has 7 rings (SSSR count). The number of ether oxygens (including phenoxy) is 1. The Hall–Kier alpha value is -3.86. The highest BCUT2D eigenvalue weighted by Gasteiger charge is 2.52. The summed E-state index contributed by atoms with van der Waals surface area (Å²) in [7, 11) is -2.10. The molecule has 0 unspecified atom stereocenters. The van der Waals surface area contributed by atoms with E-state index >= 15 is 0 Å². The van der Waals surface area contributed by atoms with Crippen molar-refractivity contribution in [3.8, 4) is 0 Å². The quantitative estimate of drug-likeness (QED) is 0.128. The third kappa shape index (κ3) is 5.91. The van der Waals surface area contributed by atoms with Gasteiger partial charge < -0.3 is 9.30 Å². The molecule has 47 heavy (non-hydrogen) atoms. The minimum atomic E-state index is -3.82. The highest BCUT2D eigenvalue weighted by atomic mass is 79.9. The molecule has 0 spiro atoms. The second-order valence-corrected chi connectivity index (χ2v) is 14.9. The molecule has 1 saturated heterocycles. The van der Waals surface area contributed by atoms with Gasteiger partial charge in [-0.2, -0.15) is 4.31 Å². The Morgan fingerprint density at radius 3 is 1.89 bits per heavy atom. The molecule has 3 atom stereocenters. The summed E-state index contributed by atoms with van der Waals surface area (Å²) < 4.78 is 39.2. The van der Waals surface area contributed by atoms with Gasteiger partial charge in [0.25, 0.3) is 10.0 Å². The van der Waals surface area contributed by atoms with Gasteiger partial charge in [-0.3, -0.25) is 4.90 Å². The van der Waals surface area contributed by atoms with Gasteiger partial charge in [-0.25, -0.2) is 13.4 Å². The van der Waals surface area contributed by atoms with Gasteiger partial charge in [-0.1, -0.05) is 131 Å². The largest absolute Gasteiger partial charge is 0.359 e. The molecular formula is C38H37BrN4O3S. The normalized spacial score (nSPS) is 21.3. The lowest BCUT2D eigenvalue weighted by Gasteiger charge is -2.57. The number of hydrogen-bond acceptors (Lipinski definition) is 5. The second kappa shape index (κ2) is 13.3. The van der Waals surface area contributed by atoms with Crippen molar-refractivity contribution in [2.45, 2.75) is 28.8 Å². The first-order valence-corrected chi connectivity index (χ1v) is 18.1. The summed E-state index contributed by atoms with van der Waals surface area (Å²) in [6.07, 6.45) is 7.22. The Kier molecular flexibility index (Phi) is 9.00. The molecule has 4 aromatic carbocycles. The Morgan fingerprint density at radius 2 is 1.36 bits per heavy atom. The predicted molar refractivity (Wildman–Crippen MR) is 187 cm³/mol. The Morgan fingerprint density at radius 1 is 0.809 bits per heavy atom. The van der Waals surface area contributed by atoms with Crippen LogP contribution in [0.4, 0.5) is 0 Å². The maximum atomic E-state index is 13.9. The summed E-state index contributed by atoms with van der Waals surface area (Å²) >= 11 is 3.60. The number of aryl methyl sites for hydroxylation is 1. The monoisotopic (exact) mass is 708 g/mol. The Labute approximate surface area is 285 Å². The third-order valence-corrected chi connectivity index (χ3v) is 11.8. The topological polar surface area (TPSA) is 67.7 Å². The van der Waals surface area contributed by atoms with Crippen molar-refractivity contribution in [3.05, 3.63) is 167 Å². The molecule has 0 bridgehead atoms. The molecule has 0 saturated carbocycles. The van der Waals surface area contributed by atoms with Crippen molar-refractivity contribution < 1.29 is 13.2 Å². The fourth-order valence-corrected chi connectivity index (χ4v) is 8.94. The first-order chi connectivity index (χ1) is 22.9. The zero-order valence-electron chi connectivity index (χ0n) is 26.1. The van der Waals surface area contributed by atoms with E-state index in [1.54, 1.807) is 22.1 Å². The lowest BCUT2D eigenvalue weighted by atomic mass is 9.74. The minimum Gasteiger partial charge on any atom is -0.359 e.